The molecule has 0 unspecified atom stereocenters. The lowest BCUT2D eigenvalue weighted by Crippen LogP contribution is -2.48. The molecule has 1 saturated heterocycles. The summed E-state index contributed by atoms with van der Waals surface area (Å²) in [7, 11) is -3.40. The first-order valence-corrected chi connectivity index (χ1v) is 6.83. The van der Waals surface area contributed by atoms with Crippen LogP contribution < -0.4 is 0 Å². The van der Waals surface area contributed by atoms with Gasteiger partial charge in [0.05, 0.1) is 10.7 Å². The van der Waals surface area contributed by atoms with E-state index in [0.29, 0.717) is 19.4 Å². The van der Waals surface area contributed by atoms with E-state index < -0.39 is 26.7 Å². The highest BCUT2D eigenvalue weighted by atomic mass is 32.2. The molecule has 0 aromatic rings. The molecule has 1 aliphatic rings. The molecule has 1 rings (SSSR count). The number of carboxylic acid groups (broad SMARTS) is 1. The quantitative estimate of drug-likeness (QED) is 0.789. The van der Waals surface area contributed by atoms with Crippen LogP contribution >= 0.6 is 0 Å². The standard InChI is InChI=1S/C10H19NO4S/c1-10(2,3)16(14,15)11-6-4-5-8(7-11)9(12)13/h8H,4-7H2,1-3H3,(H,12,13)/t8-/m0/s1. The van der Waals surface area contributed by atoms with Gasteiger partial charge < -0.3 is 5.11 Å². The van der Waals surface area contributed by atoms with Crippen molar-refractivity contribution in [1.82, 2.24) is 4.31 Å². The maximum atomic E-state index is 12.1. The van der Waals surface area contributed by atoms with Crippen molar-refractivity contribution in [3.63, 3.8) is 0 Å². The molecule has 0 aromatic heterocycles. The molecule has 1 atom stereocenters. The largest absolute Gasteiger partial charge is 0.481 e. The highest BCUT2D eigenvalue weighted by Crippen LogP contribution is 2.26. The number of nitrogens with zero attached hydrogens (tertiary/aromatic N) is 1. The van der Waals surface area contributed by atoms with Gasteiger partial charge in [0.25, 0.3) is 0 Å². The first-order valence-electron chi connectivity index (χ1n) is 5.39. The zero-order valence-corrected chi connectivity index (χ0v) is 10.7. The Labute approximate surface area is 96.5 Å². The number of carboxylic acids is 1. The summed E-state index contributed by atoms with van der Waals surface area (Å²) in [6.45, 7) is 5.43. The Bertz CT molecular complexity index is 369. The van der Waals surface area contributed by atoms with Gasteiger partial charge in [0.2, 0.25) is 10.0 Å². The summed E-state index contributed by atoms with van der Waals surface area (Å²) in [5, 5.41) is 8.90. The molecule has 94 valence electrons. The van der Waals surface area contributed by atoms with Crippen LogP contribution in [0.15, 0.2) is 0 Å². The highest BCUT2D eigenvalue weighted by molar-refractivity contribution is 7.90. The number of hydrogen-bond acceptors (Lipinski definition) is 3. The van der Waals surface area contributed by atoms with E-state index >= 15 is 0 Å². The maximum Gasteiger partial charge on any atom is 0.307 e. The average molecular weight is 249 g/mol. The van der Waals surface area contributed by atoms with E-state index in [9.17, 15) is 13.2 Å². The Morgan fingerprint density at radius 1 is 1.38 bits per heavy atom. The number of rotatable bonds is 2. The zero-order chi connectivity index (χ0) is 12.6. The Balaban J connectivity index is 2.87. The van der Waals surface area contributed by atoms with E-state index in [2.05, 4.69) is 0 Å². The molecule has 1 fully saturated rings. The Kier molecular flexibility index (Phi) is 3.64. The second kappa shape index (κ2) is 4.33. The summed E-state index contributed by atoms with van der Waals surface area (Å²) in [5.41, 5.74) is 0. The molecule has 0 spiro atoms. The summed E-state index contributed by atoms with van der Waals surface area (Å²) in [6, 6.07) is 0. The number of carbonyl (C=O) groups is 1. The lowest BCUT2D eigenvalue weighted by molar-refractivity contribution is -0.142. The van der Waals surface area contributed by atoms with Crippen molar-refractivity contribution in [3.8, 4) is 0 Å². The molecule has 0 radical (unpaired) electrons. The summed E-state index contributed by atoms with van der Waals surface area (Å²) < 4.78 is 24.7. The van der Waals surface area contributed by atoms with E-state index in [0.717, 1.165) is 0 Å². The summed E-state index contributed by atoms with van der Waals surface area (Å²) in [4.78, 5) is 10.9. The van der Waals surface area contributed by atoms with Gasteiger partial charge in [-0.05, 0) is 33.6 Å². The summed E-state index contributed by atoms with van der Waals surface area (Å²) >= 11 is 0. The van der Waals surface area contributed by atoms with Crippen molar-refractivity contribution in [2.45, 2.75) is 38.4 Å². The molecule has 0 bridgehead atoms. The fourth-order valence-corrected chi connectivity index (χ4v) is 3.27. The second-order valence-electron chi connectivity index (χ2n) is 5.15. The van der Waals surface area contributed by atoms with E-state index in [1.807, 2.05) is 0 Å². The van der Waals surface area contributed by atoms with Crippen LogP contribution in [-0.4, -0.2) is 41.6 Å². The van der Waals surface area contributed by atoms with Crippen LogP contribution in [0.25, 0.3) is 0 Å². The predicted octanol–water partition coefficient (Wildman–Crippen LogP) is 0.911. The van der Waals surface area contributed by atoms with Crippen molar-refractivity contribution in [1.29, 1.82) is 0 Å². The Morgan fingerprint density at radius 3 is 2.38 bits per heavy atom. The molecule has 6 heteroatoms. The zero-order valence-electron chi connectivity index (χ0n) is 9.93. The summed E-state index contributed by atoms with van der Waals surface area (Å²) in [6.07, 6.45) is 1.18. The van der Waals surface area contributed by atoms with E-state index in [-0.39, 0.29) is 6.54 Å². The van der Waals surface area contributed by atoms with Gasteiger partial charge in [0.15, 0.2) is 0 Å². The van der Waals surface area contributed by atoms with Crippen LogP contribution in [0, 0.1) is 5.92 Å². The van der Waals surface area contributed by atoms with Crippen molar-refractivity contribution in [2.75, 3.05) is 13.1 Å². The molecule has 1 aliphatic heterocycles. The first-order chi connectivity index (χ1) is 7.16. The molecular weight excluding hydrogens is 230 g/mol. The van der Waals surface area contributed by atoms with E-state index in [1.165, 1.54) is 4.31 Å². The van der Waals surface area contributed by atoms with Crippen LogP contribution in [0.1, 0.15) is 33.6 Å². The first kappa shape index (κ1) is 13.4. The molecule has 16 heavy (non-hydrogen) atoms. The third kappa shape index (κ3) is 2.55. The number of hydrogen-bond donors (Lipinski definition) is 1. The normalized spacial score (nSPS) is 24.3. The van der Waals surface area contributed by atoms with Crippen molar-refractivity contribution < 1.29 is 18.3 Å². The fourth-order valence-electron chi connectivity index (χ4n) is 1.75. The van der Waals surface area contributed by atoms with Crippen LogP contribution in [0.5, 0.6) is 0 Å². The number of sulfonamides is 1. The van der Waals surface area contributed by atoms with Gasteiger partial charge >= 0.3 is 5.97 Å². The minimum atomic E-state index is -3.40. The smallest absolute Gasteiger partial charge is 0.307 e. The van der Waals surface area contributed by atoms with Gasteiger partial charge in [-0.3, -0.25) is 4.79 Å². The third-order valence-electron chi connectivity index (χ3n) is 2.85. The molecule has 0 saturated carbocycles. The third-order valence-corrected chi connectivity index (χ3v) is 5.41. The molecule has 5 nitrogen and oxygen atoms in total. The Morgan fingerprint density at radius 2 is 1.94 bits per heavy atom. The van der Waals surface area contributed by atoms with Crippen LogP contribution in [0.4, 0.5) is 0 Å². The Hall–Kier alpha value is -0.620. The van der Waals surface area contributed by atoms with Crippen LogP contribution in [0.3, 0.4) is 0 Å². The molecule has 0 amide bonds. The minimum absolute atomic E-state index is 0.106. The molecule has 1 heterocycles. The molecule has 0 aromatic carbocycles. The van der Waals surface area contributed by atoms with Gasteiger partial charge in [-0.2, -0.15) is 0 Å². The van der Waals surface area contributed by atoms with Crippen molar-refractivity contribution in [3.05, 3.63) is 0 Å². The van der Waals surface area contributed by atoms with Crippen LogP contribution in [0.2, 0.25) is 0 Å². The van der Waals surface area contributed by atoms with Crippen LogP contribution in [-0.2, 0) is 14.8 Å². The minimum Gasteiger partial charge on any atom is -0.481 e. The van der Waals surface area contributed by atoms with Gasteiger partial charge in [-0.1, -0.05) is 0 Å². The van der Waals surface area contributed by atoms with E-state index in [4.69, 9.17) is 5.11 Å². The van der Waals surface area contributed by atoms with Gasteiger partial charge in [-0.15, -0.1) is 0 Å². The monoisotopic (exact) mass is 249 g/mol. The van der Waals surface area contributed by atoms with Gasteiger partial charge in [0.1, 0.15) is 0 Å². The molecule has 0 aliphatic carbocycles. The highest BCUT2D eigenvalue weighted by Gasteiger charge is 2.39. The lowest BCUT2D eigenvalue weighted by Gasteiger charge is -2.34. The number of aliphatic carboxylic acids is 1. The lowest BCUT2D eigenvalue weighted by atomic mass is 10.0. The maximum absolute atomic E-state index is 12.1. The predicted molar refractivity (Wildman–Crippen MR) is 60.6 cm³/mol. The summed E-state index contributed by atoms with van der Waals surface area (Å²) in [5.74, 6) is -1.47. The van der Waals surface area contributed by atoms with E-state index in [1.54, 1.807) is 20.8 Å². The molecule has 1 N–H and O–H groups in total. The molecular formula is C10H19NO4S. The number of piperidine rings is 1. The fraction of sp³-hybridized carbons (Fsp3) is 0.900. The average Bonchev–Trinajstić information content (AvgIpc) is 2.16. The topological polar surface area (TPSA) is 74.7 Å². The van der Waals surface area contributed by atoms with Gasteiger partial charge in [0, 0.05) is 13.1 Å². The van der Waals surface area contributed by atoms with Gasteiger partial charge in [-0.25, -0.2) is 12.7 Å². The second-order valence-corrected chi connectivity index (χ2v) is 7.84. The SMILES string of the molecule is CC(C)(C)S(=O)(=O)N1CCC[C@H](C(=O)O)C1. The van der Waals surface area contributed by atoms with Crippen molar-refractivity contribution >= 4 is 16.0 Å². The van der Waals surface area contributed by atoms with Crippen molar-refractivity contribution in [2.24, 2.45) is 5.92 Å².